The maximum atomic E-state index is 12.4. The molecule has 0 amide bonds. The van der Waals surface area contributed by atoms with Crippen LogP contribution in [-0.4, -0.2) is 28.6 Å². The van der Waals surface area contributed by atoms with E-state index < -0.39 is 17.0 Å². The average Bonchev–Trinajstić information content (AvgIpc) is 2.57. The third kappa shape index (κ3) is 5.26. The van der Waals surface area contributed by atoms with E-state index in [1.54, 1.807) is 25.1 Å². The number of hydrogen-bond donors (Lipinski definition) is 0. The largest absolute Gasteiger partial charge is 0.426 e. The number of aryl methyl sites for hydroxylation is 1. The highest BCUT2D eigenvalue weighted by molar-refractivity contribution is 5.94. The third-order valence-electron chi connectivity index (χ3n) is 3.21. The zero-order valence-corrected chi connectivity index (χ0v) is 14.1. The van der Waals surface area contributed by atoms with Crippen LogP contribution in [0, 0.1) is 17.0 Å². The minimum atomic E-state index is -0.871. The van der Waals surface area contributed by atoms with Gasteiger partial charge in [-0.05, 0) is 31.2 Å². The van der Waals surface area contributed by atoms with E-state index in [9.17, 15) is 19.7 Å². The molecule has 0 fully saturated rings. The molecule has 0 aliphatic rings. The van der Waals surface area contributed by atoms with Gasteiger partial charge < -0.3 is 14.3 Å². The third-order valence-corrected chi connectivity index (χ3v) is 3.21. The fourth-order valence-electron chi connectivity index (χ4n) is 2.11. The van der Waals surface area contributed by atoms with Gasteiger partial charge in [0.15, 0.2) is 5.75 Å². The van der Waals surface area contributed by atoms with Gasteiger partial charge in [0, 0.05) is 19.0 Å². The first-order chi connectivity index (χ1) is 12.4. The molecule has 9 heteroatoms. The quantitative estimate of drug-likeness (QED) is 0.319. The van der Waals surface area contributed by atoms with E-state index in [0.717, 1.165) is 0 Å². The number of hydrogen-bond acceptors (Lipinski definition) is 8. The Balaban J connectivity index is 2.10. The van der Waals surface area contributed by atoms with E-state index in [4.69, 9.17) is 9.47 Å². The lowest BCUT2D eigenvalue weighted by molar-refractivity contribution is -0.757. The van der Waals surface area contributed by atoms with Gasteiger partial charge in [-0.1, -0.05) is 12.1 Å². The van der Waals surface area contributed by atoms with Crippen molar-refractivity contribution in [3.05, 3.63) is 63.5 Å². The number of aromatic nitrogens is 1. The molecular formula is C17H16N2O7. The summed E-state index contributed by atoms with van der Waals surface area (Å²) in [6, 6.07) is 9.33. The van der Waals surface area contributed by atoms with Crippen LogP contribution in [0.5, 0.6) is 11.5 Å². The maximum absolute atomic E-state index is 12.4. The number of pyridine rings is 1. The summed E-state index contributed by atoms with van der Waals surface area (Å²) in [4.78, 5) is 42.1. The zero-order chi connectivity index (χ0) is 19.1. The maximum Gasteiger partial charge on any atom is 0.347 e. The number of carbonyl (C=O) groups is 2. The van der Waals surface area contributed by atoms with Crippen LogP contribution in [0.15, 0.2) is 36.4 Å². The number of para-hydroxylation sites is 1. The van der Waals surface area contributed by atoms with Gasteiger partial charge in [-0.25, -0.2) is 4.79 Å². The first-order valence-corrected chi connectivity index (χ1v) is 7.60. The highest BCUT2D eigenvalue weighted by atomic mass is 16.9. The second-order valence-corrected chi connectivity index (χ2v) is 5.17. The van der Waals surface area contributed by atoms with E-state index in [2.05, 4.69) is 9.82 Å². The number of esters is 2. The van der Waals surface area contributed by atoms with Crippen LogP contribution >= 0.6 is 0 Å². The van der Waals surface area contributed by atoms with Crippen molar-refractivity contribution >= 4 is 11.9 Å². The molecule has 2 rings (SSSR count). The number of ether oxygens (including phenoxy) is 2. The average molecular weight is 360 g/mol. The van der Waals surface area contributed by atoms with Crippen LogP contribution in [0.1, 0.15) is 28.7 Å². The summed E-state index contributed by atoms with van der Waals surface area (Å²) in [5.74, 6) is -0.920. The Labute approximate surface area is 148 Å². The summed E-state index contributed by atoms with van der Waals surface area (Å²) in [5, 5.41) is 9.26. The number of benzene rings is 1. The van der Waals surface area contributed by atoms with E-state index in [1.807, 2.05) is 0 Å². The fraction of sp³-hybridized carbons (Fsp3) is 0.235. The molecule has 136 valence electrons. The van der Waals surface area contributed by atoms with Crippen molar-refractivity contribution in [3.63, 3.8) is 0 Å². The molecule has 1 aromatic heterocycles. The van der Waals surface area contributed by atoms with Crippen molar-refractivity contribution in [1.29, 1.82) is 0 Å². The Kier molecular flexibility index (Phi) is 6.20. The monoisotopic (exact) mass is 360 g/mol. The van der Waals surface area contributed by atoms with Crippen LogP contribution in [0.3, 0.4) is 0 Å². The summed E-state index contributed by atoms with van der Waals surface area (Å²) < 4.78 is 10.3. The summed E-state index contributed by atoms with van der Waals surface area (Å²) in [6.07, 6.45) is 0.241. The molecule has 0 unspecified atom stereocenters. The van der Waals surface area contributed by atoms with E-state index in [0.29, 0.717) is 11.4 Å². The number of carbonyl (C=O) groups excluding carboxylic acids is 2. The summed E-state index contributed by atoms with van der Waals surface area (Å²) in [7, 11) is 0. The second kappa shape index (κ2) is 8.56. The van der Waals surface area contributed by atoms with Crippen LogP contribution in [0.4, 0.5) is 0 Å². The van der Waals surface area contributed by atoms with Gasteiger partial charge in [0.25, 0.3) is 5.09 Å². The predicted molar refractivity (Wildman–Crippen MR) is 88.3 cm³/mol. The van der Waals surface area contributed by atoms with Crippen molar-refractivity contribution in [2.24, 2.45) is 0 Å². The van der Waals surface area contributed by atoms with Crippen LogP contribution < -0.4 is 9.47 Å². The topological polar surface area (TPSA) is 118 Å². The van der Waals surface area contributed by atoms with Crippen molar-refractivity contribution < 1.29 is 29.0 Å². The predicted octanol–water partition coefficient (Wildman–Crippen LogP) is 2.29. The molecule has 1 heterocycles. The van der Waals surface area contributed by atoms with Gasteiger partial charge in [-0.15, -0.1) is 10.1 Å². The Morgan fingerprint density at radius 3 is 2.50 bits per heavy atom. The molecule has 0 saturated carbocycles. The van der Waals surface area contributed by atoms with Gasteiger partial charge in [0.1, 0.15) is 17.9 Å². The van der Waals surface area contributed by atoms with Gasteiger partial charge in [0.05, 0.1) is 5.69 Å². The molecule has 0 atom stereocenters. The highest BCUT2D eigenvalue weighted by Crippen LogP contribution is 2.22. The molecular weight excluding hydrogens is 344 g/mol. The minimum Gasteiger partial charge on any atom is -0.426 e. The van der Waals surface area contributed by atoms with Gasteiger partial charge >= 0.3 is 11.9 Å². The van der Waals surface area contributed by atoms with E-state index >= 15 is 0 Å². The Hall–Kier alpha value is -3.49. The van der Waals surface area contributed by atoms with Crippen molar-refractivity contribution in [2.45, 2.75) is 20.3 Å². The lowest BCUT2D eigenvalue weighted by Crippen LogP contribution is -2.13. The fourth-order valence-corrected chi connectivity index (χ4v) is 2.11. The molecule has 0 bridgehead atoms. The first-order valence-electron chi connectivity index (χ1n) is 7.60. The molecule has 0 saturated heterocycles. The van der Waals surface area contributed by atoms with Crippen LogP contribution in [-0.2, 0) is 16.1 Å². The van der Waals surface area contributed by atoms with Crippen molar-refractivity contribution in [3.8, 4) is 11.5 Å². The Morgan fingerprint density at radius 1 is 1.12 bits per heavy atom. The molecule has 0 radical (unpaired) electrons. The molecule has 9 nitrogen and oxygen atoms in total. The smallest absolute Gasteiger partial charge is 0.347 e. The molecule has 0 spiro atoms. The molecule has 0 aliphatic carbocycles. The minimum absolute atomic E-state index is 0.101. The van der Waals surface area contributed by atoms with Crippen LogP contribution in [0.25, 0.3) is 0 Å². The molecule has 26 heavy (non-hydrogen) atoms. The summed E-state index contributed by atoms with van der Waals surface area (Å²) >= 11 is 0. The van der Waals surface area contributed by atoms with Gasteiger partial charge in [-0.3, -0.25) is 9.78 Å². The first kappa shape index (κ1) is 18.8. The summed E-state index contributed by atoms with van der Waals surface area (Å²) in [6.45, 7) is 2.75. The summed E-state index contributed by atoms with van der Waals surface area (Å²) in [5.41, 5.74) is 1.09. The highest BCUT2D eigenvalue weighted by Gasteiger charge is 2.17. The van der Waals surface area contributed by atoms with Crippen molar-refractivity contribution in [1.82, 2.24) is 4.98 Å². The van der Waals surface area contributed by atoms with E-state index in [-0.39, 0.29) is 30.1 Å². The van der Waals surface area contributed by atoms with Gasteiger partial charge in [0.2, 0.25) is 0 Å². The van der Waals surface area contributed by atoms with Crippen molar-refractivity contribution in [2.75, 3.05) is 6.61 Å². The molecule has 0 N–H and O–H groups in total. The molecule has 0 aliphatic heterocycles. The zero-order valence-electron chi connectivity index (χ0n) is 14.1. The molecule has 1 aromatic carbocycles. The number of rotatable bonds is 7. The van der Waals surface area contributed by atoms with Gasteiger partial charge in [-0.2, -0.15) is 0 Å². The SMILES string of the molecule is CC(=O)Oc1ccccc1C(=O)Oc1ccc(CCO[N+](=O)[O-])nc1C. The van der Waals surface area contributed by atoms with E-state index in [1.165, 1.54) is 25.1 Å². The van der Waals surface area contributed by atoms with Crippen LogP contribution in [0.2, 0.25) is 0 Å². The second-order valence-electron chi connectivity index (χ2n) is 5.17. The number of nitrogens with zero attached hydrogens (tertiary/aromatic N) is 2. The standard InChI is InChI=1S/C17H16N2O7/c1-11-15(8-7-13(18-11)9-10-24-19(22)23)26-17(21)14-5-3-4-6-16(14)25-12(2)20/h3-8H,9-10H2,1-2H3. The lowest BCUT2D eigenvalue weighted by Gasteiger charge is -2.11. The Bertz CT molecular complexity index is 836. The Morgan fingerprint density at radius 2 is 1.85 bits per heavy atom. The molecule has 2 aromatic rings. The lowest BCUT2D eigenvalue weighted by atomic mass is 10.2. The normalized spacial score (nSPS) is 10.1.